The quantitative estimate of drug-likeness (QED) is 0.549. The molecule has 0 aliphatic carbocycles. The average Bonchev–Trinajstić information content (AvgIpc) is 2.67. The lowest BCUT2D eigenvalue weighted by Gasteiger charge is -2.18. The van der Waals surface area contributed by atoms with Gasteiger partial charge in [-0.1, -0.05) is 48.0 Å². The van der Waals surface area contributed by atoms with Crippen LogP contribution >= 0.6 is 11.8 Å². The summed E-state index contributed by atoms with van der Waals surface area (Å²) in [4.78, 5) is 37.5. The molecule has 0 unspecified atom stereocenters. The topological polar surface area (TPSA) is 84.5 Å². The predicted octanol–water partition coefficient (Wildman–Crippen LogP) is 3.53. The SMILES string of the molecule is CCNC(=O)NC(=O)[C@@H](OC(=O)CSc1cc(C)ccc1C)c1ccccc1. The summed E-state index contributed by atoms with van der Waals surface area (Å²) in [5, 5.41) is 4.68. The summed E-state index contributed by atoms with van der Waals surface area (Å²) >= 11 is 1.35. The smallest absolute Gasteiger partial charge is 0.321 e. The second-order valence-electron chi connectivity index (χ2n) is 6.19. The number of esters is 1. The molecule has 0 radical (unpaired) electrons. The molecule has 7 heteroatoms. The number of amides is 3. The lowest BCUT2D eigenvalue weighted by molar-refractivity contribution is -0.153. The second kappa shape index (κ2) is 10.5. The Labute approximate surface area is 169 Å². The number of urea groups is 1. The van der Waals surface area contributed by atoms with E-state index in [9.17, 15) is 14.4 Å². The predicted molar refractivity (Wildman–Crippen MR) is 109 cm³/mol. The molecule has 0 heterocycles. The van der Waals surface area contributed by atoms with Gasteiger partial charge in [-0.05, 0) is 32.4 Å². The zero-order chi connectivity index (χ0) is 20.5. The molecule has 1 atom stereocenters. The molecule has 2 N–H and O–H groups in total. The Kier molecular flexibility index (Phi) is 8.07. The van der Waals surface area contributed by atoms with E-state index < -0.39 is 24.0 Å². The van der Waals surface area contributed by atoms with Crippen LogP contribution in [0.2, 0.25) is 0 Å². The molecule has 6 nitrogen and oxygen atoms in total. The number of nitrogens with one attached hydrogen (secondary N) is 2. The zero-order valence-electron chi connectivity index (χ0n) is 16.2. The number of carbonyl (C=O) groups is 3. The highest BCUT2D eigenvalue weighted by Crippen LogP contribution is 2.25. The van der Waals surface area contributed by atoms with Crippen molar-refractivity contribution in [2.24, 2.45) is 0 Å². The Balaban J connectivity index is 2.06. The van der Waals surface area contributed by atoms with Gasteiger partial charge in [0.05, 0.1) is 5.75 Å². The van der Waals surface area contributed by atoms with Crippen LogP contribution < -0.4 is 10.6 Å². The molecule has 0 saturated heterocycles. The molecule has 0 saturated carbocycles. The maximum absolute atomic E-state index is 12.5. The molecule has 0 fully saturated rings. The molecule has 2 rings (SSSR count). The van der Waals surface area contributed by atoms with Crippen molar-refractivity contribution >= 4 is 29.7 Å². The molecule has 2 aromatic rings. The Morgan fingerprint density at radius 1 is 1.07 bits per heavy atom. The second-order valence-corrected chi connectivity index (χ2v) is 7.20. The van der Waals surface area contributed by atoms with Gasteiger partial charge in [-0.25, -0.2) is 4.79 Å². The zero-order valence-corrected chi connectivity index (χ0v) is 17.0. The summed E-state index contributed by atoms with van der Waals surface area (Å²) < 4.78 is 5.42. The highest BCUT2D eigenvalue weighted by molar-refractivity contribution is 8.00. The largest absolute Gasteiger partial charge is 0.447 e. The Hall–Kier alpha value is -2.80. The van der Waals surface area contributed by atoms with E-state index in [1.54, 1.807) is 37.3 Å². The van der Waals surface area contributed by atoms with Gasteiger partial charge in [-0.3, -0.25) is 14.9 Å². The number of rotatable bonds is 7. The van der Waals surface area contributed by atoms with Gasteiger partial charge in [0.2, 0.25) is 6.10 Å². The normalized spacial score (nSPS) is 11.4. The number of thioether (sulfide) groups is 1. The van der Waals surface area contributed by atoms with E-state index in [4.69, 9.17) is 4.74 Å². The fourth-order valence-electron chi connectivity index (χ4n) is 2.45. The van der Waals surface area contributed by atoms with Crippen LogP contribution in [0.5, 0.6) is 0 Å². The molecule has 148 valence electrons. The van der Waals surface area contributed by atoms with E-state index >= 15 is 0 Å². The van der Waals surface area contributed by atoms with Gasteiger partial charge >= 0.3 is 12.0 Å². The van der Waals surface area contributed by atoms with Gasteiger partial charge in [0.1, 0.15) is 0 Å². The van der Waals surface area contributed by atoms with Crippen molar-refractivity contribution < 1.29 is 19.1 Å². The number of imide groups is 1. The first-order chi connectivity index (χ1) is 13.4. The minimum absolute atomic E-state index is 0.0576. The van der Waals surface area contributed by atoms with E-state index in [-0.39, 0.29) is 5.75 Å². The fraction of sp³-hybridized carbons (Fsp3) is 0.286. The van der Waals surface area contributed by atoms with Crippen LogP contribution in [0.15, 0.2) is 53.4 Å². The molecule has 28 heavy (non-hydrogen) atoms. The summed E-state index contributed by atoms with van der Waals surface area (Å²) in [5.74, 6) is -1.17. The Morgan fingerprint density at radius 2 is 1.79 bits per heavy atom. The summed E-state index contributed by atoms with van der Waals surface area (Å²) in [6.45, 7) is 6.07. The molecule has 0 aliphatic rings. The number of benzene rings is 2. The molecule has 3 amide bonds. The van der Waals surface area contributed by atoms with E-state index in [2.05, 4.69) is 10.6 Å². The molecule has 0 aliphatic heterocycles. The molecule has 0 spiro atoms. The lowest BCUT2D eigenvalue weighted by atomic mass is 10.1. The van der Waals surface area contributed by atoms with E-state index in [1.165, 1.54) is 11.8 Å². The molecule has 0 bridgehead atoms. The first-order valence-electron chi connectivity index (χ1n) is 8.94. The summed E-state index contributed by atoms with van der Waals surface area (Å²) in [6, 6.07) is 14.0. The van der Waals surface area contributed by atoms with Gasteiger partial charge < -0.3 is 10.1 Å². The Morgan fingerprint density at radius 3 is 2.46 bits per heavy atom. The maximum Gasteiger partial charge on any atom is 0.321 e. The number of hydrogen-bond donors (Lipinski definition) is 2. The van der Waals surface area contributed by atoms with Crippen LogP contribution in [0, 0.1) is 13.8 Å². The third-order valence-electron chi connectivity index (χ3n) is 3.85. The van der Waals surface area contributed by atoms with Crippen molar-refractivity contribution in [1.29, 1.82) is 0 Å². The third-order valence-corrected chi connectivity index (χ3v) is 4.98. The Bertz CT molecular complexity index is 840. The minimum Gasteiger partial charge on any atom is -0.447 e. The number of carbonyl (C=O) groups excluding carboxylic acids is 3. The first kappa shape index (κ1) is 21.5. The van der Waals surface area contributed by atoms with Crippen LogP contribution in [-0.2, 0) is 14.3 Å². The summed E-state index contributed by atoms with van der Waals surface area (Å²) in [6.07, 6.45) is -1.20. The van der Waals surface area contributed by atoms with Gasteiger partial charge in [0.15, 0.2) is 0 Å². The first-order valence-corrected chi connectivity index (χ1v) is 9.92. The van der Waals surface area contributed by atoms with Gasteiger partial charge in [0, 0.05) is 17.0 Å². The van der Waals surface area contributed by atoms with E-state index in [0.717, 1.165) is 16.0 Å². The van der Waals surface area contributed by atoms with Crippen molar-refractivity contribution in [1.82, 2.24) is 10.6 Å². The van der Waals surface area contributed by atoms with Crippen molar-refractivity contribution in [3.8, 4) is 0 Å². The molecule has 0 aromatic heterocycles. The highest BCUT2D eigenvalue weighted by atomic mass is 32.2. The average molecular weight is 401 g/mol. The number of aryl methyl sites for hydroxylation is 2. The standard InChI is InChI=1S/C21H24N2O4S/c1-4-22-21(26)23-20(25)19(16-8-6-5-7-9-16)27-18(24)13-28-17-12-14(2)10-11-15(17)3/h5-12,19H,4,13H2,1-3H3,(H2,22,23,25,26)/t19-/m0/s1. The van der Waals surface area contributed by atoms with Gasteiger partial charge in [0.25, 0.3) is 5.91 Å². The number of ether oxygens (including phenoxy) is 1. The van der Waals surface area contributed by atoms with Crippen LogP contribution in [0.25, 0.3) is 0 Å². The number of hydrogen-bond acceptors (Lipinski definition) is 5. The van der Waals surface area contributed by atoms with Crippen molar-refractivity contribution in [2.45, 2.75) is 31.8 Å². The van der Waals surface area contributed by atoms with Gasteiger partial charge in [-0.2, -0.15) is 0 Å². The van der Waals surface area contributed by atoms with Crippen molar-refractivity contribution in [3.05, 3.63) is 65.2 Å². The summed E-state index contributed by atoms with van der Waals surface area (Å²) in [5.41, 5.74) is 2.66. The lowest BCUT2D eigenvalue weighted by Crippen LogP contribution is -2.42. The monoisotopic (exact) mass is 400 g/mol. The van der Waals surface area contributed by atoms with Crippen LogP contribution in [0.4, 0.5) is 4.79 Å². The highest BCUT2D eigenvalue weighted by Gasteiger charge is 2.26. The maximum atomic E-state index is 12.5. The van der Waals surface area contributed by atoms with Crippen molar-refractivity contribution in [2.75, 3.05) is 12.3 Å². The molecular weight excluding hydrogens is 376 g/mol. The van der Waals surface area contributed by atoms with Gasteiger partial charge in [-0.15, -0.1) is 11.8 Å². The van der Waals surface area contributed by atoms with Crippen molar-refractivity contribution in [3.63, 3.8) is 0 Å². The third kappa shape index (κ3) is 6.42. The fourth-order valence-corrected chi connectivity index (χ4v) is 3.35. The minimum atomic E-state index is -1.20. The van der Waals surface area contributed by atoms with E-state index in [1.807, 2.05) is 32.0 Å². The molecule has 2 aromatic carbocycles. The van der Waals surface area contributed by atoms with E-state index in [0.29, 0.717) is 12.1 Å². The van der Waals surface area contributed by atoms with Crippen LogP contribution in [0.3, 0.4) is 0 Å². The van der Waals surface area contributed by atoms with Crippen LogP contribution in [0.1, 0.15) is 29.7 Å². The van der Waals surface area contributed by atoms with Crippen LogP contribution in [-0.4, -0.2) is 30.2 Å². The molecular formula is C21H24N2O4S. The summed E-state index contributed by atoms with van der Waals surface area (Å²) in [7, 11) is 0.